The molecule has 1 atom stereocenters. The number of benzene rings is 1. The van der Waals surface area contributed by atoms with Gasteiger partial charge in [-0.25, -0.2) is 4.98 Å². The Kier molecular flexibility index (Phi) is 6.01. The van der Waals surface area contributed by atoms with Crippen molar-refractivity contribution >= 4 is 22.3 Å². The van der Waals surface area contributed by atoms with Crippen LogP contribution in [0.3, 0.4) is 0 Å². The van der Waals surface area contributed by atoms with E-state index in [1.54, 1.807) is 21.1 Å². The van der Waals surface area contributed by atoms with Crippen molar-refractivity contribution in [2.75, 3.05) is 34.4 Å². The van der Waals surface area contributed by atoms with Gasteiger partial charge in [-0.05, 0) is 50.6 Å². The van der Waals surface area contributed by atoms with Crippen molar-refractivity contribution in [1.29, 1.82) is 0 Å². The molecule has 9 nitrogen and oxygen atoms in total. The minimum atomic E-state index is -0.243. The van der Waals surface area contributed by atoms with Gasteiger partial charge < -0.3 is 19.3 Å². The van der Waals surface area contributed by atoms with Gasteiger partial charge in [-0.2, -0.15) is 4.52 Å². The van der Waals surface area contributed by atoms with Crippen LogP contribution in [0.25, 0.3) is 4.96 Å². The number of thiazole rings is 1. The fraction of sp³-hybridized carbons (Fsp3) is 0.476. The average Bonchev–Trinajstić information content (AvgIpc) is 3.30. The maximum absolute atomic E-state index is 12.0. The molecule has 1 aliphatic rings. The molecule has 1 aliphatic heterocycles. The zero-order valence-corrected chi connectivity index (χ0v) is 18.8. The van der Waals surface area contributed by atoms with E-state index in [0.29, 0.717) is 48.2 Å². The lowest BCUT2D eigenvalue weighted by atomic mass is 9.93. The number of rotatable bonds is 6. The predicted molar refractivity (Wildman–Crippen MR) is 115 cm³/mol. The van der Waals surface area contributed by atoms with Crippen LogP contribution in [0.2, 0.25) is 0 Å². The molecule has 0 aliphatic carbocycles. The number of carbonyl (C=O) groups is 1. The van der Waals surface area contributed by atoms with Crippen LogP contribution in [-0.2, 0) is 9.53 Å². The topological polar surface area (TPSA) is 98.4 Å². The number of piperidine rings is 1. The Labute approximate surface area is 184 Å². The summed E-state index contributed by atoms with van der Waals surface area (Å²) in [6.45, 7) is 3.16. The zero-order chi connectivity index (χ0) is 22.1. The highest BCUT2D eigenvalue weighted by Crippen LogP contribution is 2.43. The highest BCUT2D eigenvalue weighted by atomic mass is 32.1. The molecule has 0 amide bonds. The second-order valence-corrected chi connectivity index (χ2v) is 8.50. The lowest BCUT2D eigenvalue weighted by Crippen LogP contribution is -2.39. The molecule has 1 saturated heterocycles. The molecule has 1 aromatic carbocycles. The van der Waals surface area contributed by atoms with Gasteiger partial charge in [0.2, 0.25) is 10.8 Å². The third-order valence-electron chi connectivity index (χ3n) is 5.71. The normalized spacial score (nSPS) is 16.4. The van der Waals surface area contributed by atoms with Gasteiger partial charge in [0.05, 0.1) is 38.2 Å². The van der Waals surface area contributed by atoms with Crippen LogP contribution in [-0.4, -0.2) is 65.0 Å². The fourth-order valence-electron chi connectivity index (χ4n) is 4.14. The van der Waals surface area contributed by atoms with Gasteiger partial charge in [-0.3, -0.25) is 9.69 Å². The number of likely N-dealkylation sites (tertiary alicyclic amines) is 1. The van der Waals surface area contributed by atoms with Gasteiger partial charge in [0.1, 0.15) is 5.82 Å². The standard InChI is InChI=1S/C21H26N4O5S/c1-12-22-21-25(23-12)19(26)18(31-21)17(14-5-6-15(28-2)16(11-14)29-3)24-9-7-13(8-10-24)20(27)30-4/h5-6,11,13,17,26H,7-10H2,1-4H3/t17-/m0/s1. The first-order valence-electron chi connectivity index (χ1n) is 10.1. The van der Waals surface area contributed by atoms with Crippen LogP contribution >= 0.6 is 11.3 Å². The molecule has 0 bridgehead atoms. The summed E-state index contributed by atoms with van der Waals surface area (Å²) in [7, 11) is 4.62. The summed E-state index contributed by atoms with van der Waals surface area (Å²) >= 11 is 1.41. The second kappa shape index (κ2) is 8.72. The molecule has 0 unspecified atom stereocenters. The Morgan fingerprint density at radius 1 is 1.19 bits per heavy atom. The van der Waals surface area contributed by atoms with Gasteiger partial charge in [-0.15, -0.1) is 5.10 Å². The van der Waals surface area contributed by atoms with E-state index < -0.39 is 0 Å². The highest BCUT2D eigenvalue weighted by molar-refractivity contribution is 7.17. The molecule has 0 saturated carbocycles. The Balaban J connectivity index is 1.75. The minimum Gasteiger partial charge on any atom is -0.493 e. The van der Waals surface area contributed by atoms with E-state index in [0.717, 1.165) is 10.4 Å². The van der Waals surface area contributed by atoms with Crippen LogP contribution in [0.4, 0.5) is 0 Å². The lowest BCUT2D eigenvalue weighted by Gasteiger charge is -2.36. The number of aromatic nitrogens is 3. The van der Waals surface area contributed by atoms with Crippen LogP contribution in [0, 0.1) is 12.8 Å². The number of hydrogen-bond acceptors (Lipinski definition) is 9. The van der Waals surface area contributed by atoms with Crippen molar-refractivity contribution in [3.05, 3.63) is 34.5 Å². The average molecular weight is 447 g/mol. The number of nitrogens with zero attached hydrogens (tertiary/aromatic N) is 4. The van der Waals surface area contributed by atoms with Crippen molar-refractivity contribution < 1.29 is 24.1 Å². The first-order valence-corrected chi connectivity index (χ1v) is 10.9. The molecule has 31 heavy (non-hydrogen) atoms. The largest absolute Gasteiger partial charge is 0.493 e. The van der Waals surface area contributed by atoms with E-state index in [9.17, 15) is 9.90 Å². The highest BCUT2D eigenvalue weighted by Gasteiger charge is 2.34. The van der Waals surface area contributed by atoms with Crippen molar-refractivity contribution in [2.24, 2.45) is 5.92 Å². The van der Waals surface area contributed by atoms with Crippen LogP contribution in [0.5, 0.6) is 17.4 Å². The van der Waals surface area contributed by atoms with E-state index in [1.807, 2.05) is 18.2 Å². The monoisotopic (exact) mass is 446 g/mol. The summed E-state index contributed by atoms with van der Waals surface area (Å²) in [5, 5.41) is 15.3. The third kappa shape index (κ3) is 3.92. The fourth-order valence-corrected chi connectivity index (χ4v) is 5.30. The summed E-state index contributed by atoms with van der Waals surface area (Å²) in [5.41, 5.74) is 0.950. The smallest absolute Gasteiger partial charge is 0.308 e. The first kappa shape index (κ1) is 21.4. The molecule has 3 heterocycles. The van der Waals surface area contributed by atoms with E-state index in [2.05, 4.69) is 15.0 Å². The molecule has 1 fully saturated rings. The zero-order valence-electron chi connectivity index (χ0n) is 18.0. The first-order chi connectivity index (χ1) is 15.0. The molecule has 0 spiro atoms. The molecule has 0 radical (unpaired) electrons. The molecule has 166 valence electrons. The second-order valence-electron chi connectivity index (χ2n) is 7.49. The molecular formula is C21H26N4O5S. The van der Waals surface area contributed by atoms with Crippen molar-refractivity contribution in [1.82, 2.24) is 19.5 Å². The van der Waals surface area contributed by atoms with Gasteiger partial charge in [0, 0.05) is 0 Å². The van der Waals surface area contributed by atoms with Gasteiger partial charge in [0.15, 0.2) is 11.5 Å². The summed E-state index contributed by atoms with van der Waals surface area (Å²) < 4.78 is 17.3. The molecular weight excluding hydrogens is 420 g/mol. The van der Waals surface area contributed by atoms with Crippen LogP contribution in [0.15, 0.2) is 18.2 Å². The Hall–Kier alpha value is -2.85. The van der Waals surface area contributed by atoms with E-state index in [4.69, 9.17) is 14.2 Å². The van der Waals surface area contributed by atoms with Gasteiger partial charge in [0.25, 0.3) is 0 Å². The molecule has 3 aromatic rings. The number of esters is 1. The van der Waals surface area contributed by atoms with Gasteiger partial charge >= 0.3 is 5.97 Å². The number of aryl methyl sites for hydroxylation is 1. The Bertz CT molecular complexity index is 1090. The summed E-state index contributed by atoms with van der Waals surface area (Å²) in [4.78, 5) is 20.0. The molecule has 4 rings (SSSR count). The molecule has 1 N–H and O–H groups in total. The number of aromatic hydroxyl groups is 1. The summed E-state index contributed by atoms with van der Waals surface area (Å²) in [6.07, 6.45) is 1.38. The number of ether oxygens (including phenoxy) is 3. The predicted octanol–water partition coefficient (Wildman–Crippen LogP) is 2.80. The van der Waals surface area contributed by atoms with Crippen molar-refractivity contribution in [2.45, 2.75) is 25.8 Å². The van der Waals surface area contributed by atoms with Crippen LogP contribution < -0.4 is 9.47 Å². The third-order valence-corrected chi connectivity index (χ3v) is 6.78. The number of fused-ring (bicyclic) bond motifs is 1. The van der Waals surface area contributed by atoms with Crippen molar-refractivity contribution in [3.63, 3.8) is 0 Å². The Morgan fingerprint density at radius 3 is 2.52 bits per heavy atom. The van der Waals surface area contributed by atoms with Crippen molar-refractivity contribution in [3.8, 4) is 17.4 Å². The van der Waals surface area contributed by atoms with E-state index in [-0.39, 0.29) is 23.8 Å². The molecule has 2 aromatic heterocycles. The van der Waals surface area contributed by atoms with Gasteiger partial charge in [-0.1, -0.05) is 17.4 Å². The maximum Gasteiger partial charge on any atom is 0.308 e. The number of hydrogen-bond donors (Lipinski definition) is 1. The van der Waals surface area contributed by atoms with Crippen LogP contribution in [0.1, 0.15) is 35.1 Å². The summed E-state index contributed by atoms with van der Waals surface area (Å²) in [6, 6.07) is 5.52. The summed E-state index contributed by atoms with van der Waals surface area (Å²) in [5.74, 6) is 1.66. The number of carbonyl (C=O) groups excluding carboxylic acids is 1. The quantitative estimate of drug-likeness (QED) is 0.577. The Morgan fingerprint density at radius 2 is 1.90 bits per heavy atom. The maximum atomic E-state index is 12.0. The SMILES string of the molecule is COC(=O)C1CCN([C@@H](c2ccc(OC)c(OC)c2)c2sc3nc(C)nn3c2O)CC1. The van der Waals surface area contributed by atoms with E-state index >= 15 is 0 Å². The lowest BCUT2D eigenvalue weighted by molar-refractivity contribution is -0.147. The number of methoxy groups -OCH3 is 3. The van der Waals surface area contributed by atoms with E-state index in [1.165, 1.54) is 23.0 Å². The molecule has 10 heteroatoms. The minimum absolute atomic E-state index is 0.0791.